The molecule has 0 heteroatoms. The molecule has 0 amide bonds. The Morgan fingerprint density at radius 3 is 1.47 bits per heavy atom. The van der Waals surface area contributed by atoms with Crippen LogP contribution < -0.4 is 0 Å². The molecule has 90 valence electrons. The third kappa shape index (κ3) is 2.10. The van der Waals surface area contributed by atoms with Gasteiger partial charge in [-0.15, -0.1) is 0 Å². The predicted molar refractivity (Wildman–Crippen MR) is 69.0 cm³/mol. The molecule has 0 spiro atoms. The lowest BCUT2D eigenvalue weighted by atomic mass is 9.65. The van der Waals surface area contributed by atoms with E-state index in [1.165, 1.54) is 25.7 Å². The van der Waals surface area contributed by atoms with Gasteiger partial charge in [-0.05, 0) is 35.0 Å². The standard InChI is InChI=1S/C15H30/c1-8-14(6)10-12(13(3,4)5)11-15(14,7)9-2/h12H,8-11H2,1-7H3. The van der Waals surface area contributed by atoms with E-state index in [4.69, 9.17) is 0 Å². The van der Waals surface area contributed by atoms with E-state index in [1.807, 2.05) is 0 Å². The molecule has 1 rings (SSSR count). The highest BCUT2D eigenvalue weighted by atomic mass is 14.6. The normalized spacial score (nSPS) is 42.2. The van der Waals surface area contributed by atoms with Crippen LogP contribution in [0.3, 0.4) is 0 Å². The van der Waals surface area contributed by atoms with E-state index in [1.54, 1.807) is 0 Å². The van der Waals surface area contributed by atoms with E-state index in [9.17, 15) is 0 Å². The lowest BCUT2D eigenvalue weighted by Gasteiger charge is -2.40. The Balaban J connectivity index is 2.94. The van der Waals surface area contributed by atoms with Crippen LogP contribution in [0.5, 0.6) is 0 Å². The zero-order chi connectivity index (χ0) is 11.9. The first-order chi connectivity index (χ1) is 6.68. The van der Waals surface area contributed by atoms with Gasteiger partial charge in [-0.2, -0.15) is 0 Å². The Morgan fingerprint density at radius 2 is 1.27 bits per heavy atom. The third-order valence-electron chi connectivity index (χ3n) is 5.64. The van der Waals surface area contributed by atoms with Gasteiger partial charge in [0.2, 0.25) is 0 Å². The maximum atomic E-state index is 2.52. The minimum atomic E-state index is 0.489. The second kappa shape index (κ2) is 3.79. The maximum Gasteiger partial charge on any atom is -0.0272 e. The minimum absolute atomic E-state index is 0.489. The minimum Gasteiger partial charge on any atom is -0.0648 e. The van der Waals surface area contributed by atoms with Gasteiger partial charge in [0.1, 0.15) is 0 Å². The summed E-state index contributed by atoms with van der Waals surface area (Å²) in [6.07, 6.45) is 5.53. The summed E-state index contributed by atoms with van der Waals surface area (Å²) in [7, 11) is 0. The van der Waals surface area contributed by atoms with Gasteiger partial charge in [0.15, 0.2) is 0 Å². The van der Waals surface area contributed by atoms with E-state index in [0.717, 1.165) is 5.92 Å². The summed E-state index contributed by atoms with van der Waals surface area (Å²) in [6.45, 7) is 17.0. The highest BCUT2D eigenvalue weighted by Crippen LogP contribution is 2.61. The molecule has 15 heavy (non-hydrogen) atoms. The van der Waals surface area contributed by atoms with Crippen molar-refractivity contribution in [1.82, 2.24) is 0 Å². The molecule has 0 nitrogen and oxygen atoms in total. The molecule has 0 aromatic rings. The average Bonchev–Trinajstić information content (AvgIpc) is 2.41. The van der Waals surface area contributed by atoms with Crippen LogP contribution in [0.4, 0.5) is 0 Å². The highest BCUT2D eigenvalue weighted by Gasteiger charge is 2.52. The predicted octanol–water partition coefficient (Wildman–Crippen LogP) is 5.28. The number of hydrogen-bond donors (Lipinski definition) is 0. The van der Waals surface area contributed by atoms with E-state index in [0.29, 0.717) is 16.2 Å². The summed E-state index contributed by atoms with van der Waals surface area (Å²) < 4.78 is 0. The van der Waals surface area contributed by atoms with Crippen molar-refractivity contribution in [2.24, 2.45) is 22.2 Å². The molecule has 0 saturated heterocycles. The molecule has 1 fully saturated rings. The van der Waals surface area contributed by atoms with Crippen molar-refractivity contribution >= 4 is 0 Å². The van der Waals surface area contributed by atoms with Crippen molar-refractivity contribution in [2.75, 3.05) is 0 Å². The average molecular weight is 210 g/mol. The first-order valence-corrected chi connectivity index (χ1v) is 6.68. The van der Waals surface area contributed by atoms with Gasteiger partial charge in [0.25, 0.3) is 0 Å². The van der Waals surface area contributed by atoms with Crippen molar-refractivity contribution < 1.29 is 0 Å². The molecule has 0 aliphatic heterocycles. The van der Waals surface area contributed by atoms with Crippen molar-refractivity contribution in [3.05, 3.63) is 0 Å². The lowest BCUT2D eigenvalue weighted by Crippen LogP contribution is -2.30. The summed E-state index contributed by atoms with van der Waals surface area (Å²) >= 11 is 0. The smallest absolute Gasteiger partial charge is 0.0272 e. The Morgan fingerprint density at radius 1 is 0.933 bits per heavy atom. The van der Waals surface area contributed by atoms with E-state index >= 15 is 0 Å². The quantitative estimate of drug-likeness (QED) is 0.582. The highest BCUT2D eigenvalue weighted by molar-refractivity contribution is 5.02. The summed E-state index contributed by atoms with van der Waals surface area (Å²) in [6, 6.07) is 0. The summed E-state index contributed by atoms with van der Waals surface area (Å²) in [4.78, 5) is 0. The first-order valence-electron chi connectivity index (χ1n) is 6.68. The van der Waals surface area contributed by atoms with Crippen LogP contribution in [0.15, 0.2) is 0 Å². The zero-order valence-corrected chi connectivity index (χ0v) is 11.9. The van der Waals surface area contributed by atoms with Crippen LogP contribution in [0.25, 0.3) is 0 Å². The van der Waals surface area contributed by atoms with Crippen molar-refractivity contribution in [1.29, 1.82) is 0 Å². The Bertz CT molecular complexity index is 205. The van der Waals surface area contributed by atoms with Gasteiger partial charge in [-0.3, -0.25) is 0 Å². The summed E-state index contributed by atoms with van der Waals surface area (Å²) in [5.41, 5.74) is 1.63. The summed E-state index contributed by atoms with van der Waals surface area (Å²) in [5, 5.41) is 0. The molecule has 2 atom stereocenters. The number of hydrogen-bond acceptors (Lipinski definition) is 0. The SMILES string of the molecule is CCC1(C)CC(C(C)(C)C)CC1(C)CC. The fourth-order valence-electron chi connectivity index (χ4n) is 3.41. The van der Waals surface area contributed by atoms with Crippen LogP contribution >= 0.6 is 0 Å². The molecule has 0 N–H and O–H groups in total. The second-order valence-electron chi connectivity index (χ2n) is 7.30. The molecule has 0 aromatic heterocycles. The molecule has 0 heterocycles. The summed E-state index contributed by atoms with van der Waals surface area (Å²) in [5.74, 6) is 0.910. The van der Waals surface area contributed by atoms with Crippen molar-refractivity contribution in [3.63, 3.8) is 0 Å². The molecule has 1 aliphatic rings. The van der Waals surface area contributed by atoms with Crippen LogP contribution in [0.2, 0.25) is 0 Å². The fourth-order valence-corrected chi connectivity index (χ4v) is 3.41. The largest absolute Gasteiger partial charge is 0.0648 e. The molecule has 0 aromatic carbocycles. The van der Waals surface area contributed by atoms with Gasteiger partial charge in [0.05, 0.1) is 0 Å². The van der Waals surface area contributed by atoms with Gasteiger partial charge in [0, 0.05) is 0 Å². The van der Waals surface area contributed by atoms with Crippen LogP contribution in [0, 0.1) is 22.2 Å². The molecule has 1 saturated carbocycles. The first kappa shape index (κ1) is 13.1. The number of rotatable bonds is 2. The molecular formula is C15H30. The van der Waals surface area contributed by atoms with E-state index < -0.39 is 0 Å². The van der Waals surface area contributed by atoms with Crippen LogP contribution in [-0.2, 0) is 0 Å². The second-order valence-corrected chi connectivity index (χ2v) is 7.30. The van der Waals surface area contributed by atoms with Gasteiger partial charge < -0.3 is 0 Å². The topological polar surface area (TPSA) is 0 Å². The molecule has 0 bridgehead atoms. The van der Waals surface area contributed by atoms with Gasteiger partial charge in [-0.1, -0.05) is 61.3 Å². The Labute approximate surface area is 96.8 Å². The van der Waals surface area contributed by atoms with Gasteiger partial charge in [-0.25, -0.2) is 0 Å². The van der Waals surface area contributed by atoms with Crippen LogP contribution in [-0.4, -0.2) is 0 Å². The third-order valence-corrected chi connectivity index (χ3v) is 5.64. The molecular weight excluding hydrogens is 180 g/mol. The lowest BCUT2D eigenvalue weighted by molar-refractivity contribution is 0.0998. The van der Waals surface area contributed by atoms with Crippen LogP contribution in [0.1, 0.15) is 74.1 Å². The Hall–Kier alpha value is 0. The van der Waals surface area contributed by atoms with Crippen molar-refractivity contribution in [3.8, 4) is 0 Å². The molecule has 1 aliphatic carbocycles. The monoisotopic (exact) mass is 210 g/mol. The van der Waals surface area contributed by atoms with Crippen molar-refractivity contribution in [2.45, 2.75) is 74.1 Å². The molecule has 0 radical (unpaired) electrons. The van der Waals surface area contributed by atoms with E-state index in [2.05, 4.69) is 48.5 Å². The Kier molecular flexibility index (Phi) is 3.30. The maximum absolute atomic E-state index is 2.52. The van der Waals surface area contributed by atoms with E-state index in [-0.39, 0.29) is 0 Å². The fraction of sp³-hybridized carbons (Fsp3) is 1.00. The zero-order valence-electron chi connectivity index (χ0n) is 11.9. The molecule has 2 unspecified atom stereocenters. The van der Waals surface area contributed by atoms with Gasteiger partial charge >= 0.3 is 0 Å².